The lowest BCUT2D eigenvalue weighted by Crippen LogP contribution is -2.40. The SMILES string of the molecule is CCOC(=O)C1CCN(c2[nH+]cccc2C=O)CC1. The number of carbonyl (C=O) groups excluding carboxylic acids is 2. The molecular formula is C14H19N2O3+. The topological polar surface area (TPSA) is 60.8 Å². The average molecular weight is 263 g/mol. The van der Waals surface area contributed by atoms with Gasteiger partial charge in [-0.3, -0.25) is 14.5 Å². The quantitative estimate of drug-likeness (QED) is 0.602. The van der Waals surface area contributed by atoms with Crippen LogP contribution in [0, 0.1) is 5.92 Å². The lowest BCUT2D eigenvalue weighted by molar-refractivity contribution is -0.364. The first-order chi connectivity index (χ1) is 9.26. The largest absolute Gasteiger partial charge is 0.466 e. The van der Waals surface area contributed by atoms with Gasteiger partial charge in [0.25, 0.3) is 5.82 Å². The molecule has 0 bridgehead atoms. The second-order valence-corrected chi connectivity index (χ2v) is 4.61. The summed E-state index contributed by atoms with van der Waals surface area (Å²) in [6.07, 6.45) is 4.18. The van der Waals surface area contributed by atoms with E-state index in [1.54, 1.807) is 18.3 Å². The molecule has 2 rings (SSSR count). The molecule has 5 nitrogen and oxygen atoms in total. The summed E-state index contributed by atoms with van der Waals surface area (Å²) in [7, 11) is 0. The van der Waals surface area contributed by atoms with E-state index in [1.165, 1.54) is 0 Å². The van der Waals surface area contributed by atoms with Crippen molar-refractivity contribution >= 4 is 18.1 Å². The molecule has 0 aromatic carbocycles. The first-order valence-electron chi connectivity index (χ1n) is 6.63. The number of hydrogen-bond acceptors (Lipinski definition) is 4. The van der Waals surface area contributed by atoms with E-state index >= 15 is 0 Å². The zero-order valence-electron chi connectivity index (χ0n) is 11.1. The van der Waals surface area contributed by atoms with Crippen molar-refractivity contribution in [3.05, 3.63) is 23.9 Å². The molecule has 19 heavy (non-hydrogen) atoms. The minimum Gasteiger partial charge on any atom is -0.466 e. The summed E-state index contributed by atoms with van der Waals surface area (Å²) in [5.74, 6) is 0.717. The average Bonchev–Trinajstić information content (AvgIpc) is 2.47. The summed E-state index contributed by atoms with van der Waals surface area (Å²) in [6.45, 7) is 3.76. The van der Waals surface area contributed by atoms with Gasteiger partial charge in [-0.25, -0.2) is 4.98 Å². The summed E-state index contributed by atoms with van der Waals surface area (Å²) in [5.41, 5.74) is 0.650. The number of carbonyl (C=O) groups is 2. The molecule has 0 saturated carbocycles. The van der Waals surface area contributed by atoms with E-state index in [0.29, 0.717) is 12.2 Å². The van der Waals surface area contributed by atoms with Crippen LogP contribution in [-0.4, -0.2) is 32.0 Å². The van der Waals surface area contributed by atoms with Crippen molar-refractivity contribution in [1.82, 2.24) is 0 Å². The number of ether oxygens (including phenoxy) is 1. The summed E-state index contributed by atoms with van der Waals surface area (Å²) >= 11 is 0. The molecule has 0 atom stereocenters. The van der Waals surface area contributed by atoms with E-state index < -0.39 is 0 Å². The van der Waals surface area contributed by atoms with Crippen LogP contribution in [0.3, 0.4) is 0 Å². The van der Waals surface area contributed by atoms with E-state index in [1.807, 2.05) is 6.92 Å². The molecule has 0 spiro atoms. The van der Waals surface area contributed by atoms with Crippen molar-refractivity contribution in [2.24, 2.45) is 5.92 Å². The van der Waals surface area contributed by atoms with E-state index in [2.05, 4.69) is 9.88 Å². The second kappa shape index (κ2) is 6.31. The van der Waals surface area contributed by atoms with Gasteiger partial charge < -0.3 is 4.74 Å². The van der Waals surface area contributed by atoms with E-state index in [-0.39, 0.29) is 11.9 Å². The minimum atomic E-state index is -0.102. The minimum absolute atomic E-state index is 0.0143. The van der Waals surface area contributed by atoms with Gasteiger partial charge in [-0.1, -0.05) is 0 Å². The predicted molar refractivity (Wildman–Crippen MR) is 70.0 cm³/mol. The fourth-order valence-corrected chi connectivity index (χ4v) is 2.41. The molecule has 1 fully saturated rings. The number of aromatic nitrogens is 1. The van der Waals surface area contributed by atoms with Crippen molar-refractivity contribution in [2.45, 2.75) is 19.8 Å². The maximum absolute atomic E-state index is 11.7. The Kier molecular flexibility index (Phi) is 4.49. The van der Waals surface area contributed by atoms with Crippen LogP contribution < -0.4 is 9.88 Å². The fraction of sp³-hybridized carbons (Fsp3) is 0.500. The zero-order valence-corrected chi connectivity index (χ0v) is 11.1. The Morgan fingerprint density at radius 2 is 2.26 bits per heavy atom. The molecule has 1 N–H and O–H groups in total. The number of nitrogens with zero attached hydrogens (tertiary/aromatic N) is 1. The van der Waals surface area contributed by atoms with Gasteiger partial charge >= 0.3 is 5.97 Å². The molecule has 1 aliphatic heterocycles. The molecule has 0 radical (unpaired) electrons. The third-order valence-corrected chi connectivity index (χ3v) is 3.42. The lowest BCUT2D eigenvalue weighted by atomic mass is 9.97. The lowest BCUT2D eigenvalue weighted by Gasteiger charge is -2.26. The fourth-order valence-electron chi connectivity index (χ4n) is 2.41. The van der Waals surface area contributed by atoms with E-state index in [4.69, 9.17) is 4.74 Å². The number of pyridine rings is 1. The van der Waals surface area contributed by atoms with Crippen LogP contribution >= 0.6 is 0 Å². The van der Waals surface area contributed by atoms with Gasteiger partial charge in [-0.2, -0.15) is 0 Å². The van der Waals surface area contributed by atoms with Crippen LogP contribution in [0.1, 0.15) is 30.1 Å². The Morgan fingerprint density at radius 3 is 2.89 bits per heavy atom. The number of esters is 1. The molecule has 0 amide bonds. The first-order valence-corrected chi connectivity index (χ1v) is 6.63. The van der Waals surface area contributed by atoms with Crippen molar-refractivity contribution in [2.75, 3.05) is 24.6 Å². The van der Waals surface area contributed by atoms with Gasteiger partial charge in [0.15, 0.2) is 6.29 Å². The number of anilines is 1. The molecule has 5 heteroatoms. The molecule has 1 aromatic heterocycles. The Balaban J connectivity index is 2.00. The third-order valence-electron chi connectivity index (χ3n) is 3.42. The van der Waals surface area contributed by atoms with Crippen LogP contribution in [-0.2, 0) is 9.53 Å². The van der Waals surface area contributed by atoms with Crippen LogP contribution in [0.4, 0.5) is 5.82 Å². The van der Waals surface area contributed by atoms with Crippen molar-refractivity contribution < 1.29 is 19.3 Å². The number of hydrogen-bond donors (Lipinski definition) is 0. The number of nitrogens with one attached hydrogen (secondary N) is 1. The molecule has 102 valence electrons. The predicted octanol–water partition coefficient (Wildman–Crippen LogP) is 1.09. The molecular weight excluding hydrogens is 244 g/mol. The second-order valence-electron chi connectivity index (χ2n) is 4.61. The third kappa shape index (κ3) is 3.10. The van der Waals surface area contributed by atoms with Crippen molar-refractivity contribution in [1.29, 1.82) is 0 Å². The van der Waals surface area contributed by atoms with Gasteiger partial charge in [0.05, 0.1) is 31.8 Å². The van der Waals surface area contributed by atoms with Gasteiger partial charge in [-0.15, -0.1) is 0 Å². The number of piperidine rings is 1. The highest BCUT2D eigenvalue weighted by atomic mass is 16.5. The van der Waals surface area contributed by atoms with Gasteiger partial charge in [0.1, 0.15) is 5.56 Å². The van der Waals surface area contributed by atoms with Crippen LogP contribution in [0.2, 0.25) is 0 Å². The van der Waals surface area contributed by atoms with Crippen molar-refractivity contribution in [3.8, 4) is 0 Å². The Hall–Kier alpha value is -1.91. The monoisotopic (exact) mass is 263 g/mol. The number of aromatic amines is 1. The van der Waals surface area contributed by atoms with Crippen LogP contribution in [0.5, 0.6) is 0 Å². The summed E-state index contributed by atoms with van der Waals surface area (Å²) in [6, 6.07) is 3.59. The normalized spacial score (nSPS) is 16.2. The van der Waals surface area contributed by atoms with Gasteiger partial charge in [0.2, 0.25) is 0 Å². The highest BCUT2D eigenvalue weighted by Crippen LogP contribution is 2.23. The van der Waals surface area contributed by atoms with Crippen molar-refractivity contribution in [3.63, 3.8) is 0 Å². The Morgan fingerprint density at radius 1 is 1.53 bits per heavy atom. The summed E-state index contributed by atoms with van der Waals surface area (Å²) < 4.78 is 5.05. The molecule has 2 heterocycles. The van der Waals surface area contributed by atoms with E-state index in [9.17, 15) is 9.59 Å². The number of rotatable bonds is 4. The standard InChI is InChI=1S/C14H18N2O3/c1-2-19-14(18)11-5-8-16(9-6-11)13-12(10-17)4-3-7-15-13/h3-4,7,10-11H,2,5-6,8-9H2,1H3/p+1. The highest BCUT2D eigenvalue weighted by molar-refractivity contribution is 5.81. The van der Waals surface area contributed by atoms with Crippen LogP contribution in [0.15, 0.2) is 18.3 Å². The Labute approximate surface area is 112 Å². The highest BCUT2D eigenvalue weighted by Gasteiger charge is 2.31. The molecule has 1 saturated heterocycles. The van der Waals surface area contributed by atoms with Gasteiger partial charge in [-0.05, 0) is 31.9 Å². The van der Waals surface area contributed by atoms with Gasteiger partial charge in [0, 0.05) is 0 Å². The first kappa shape index (κ1) is 13.5. The number of H-pyrrole nitrogens is 1. The molecule has 0 unspecified atom stereocenters. The summed E-state index contributed by atoms with van der Waals surface area (Å²) in [4.78, 5) is 27.9. The van der Waals surface area contributed by atoms with E-state index in [0.717, 1.165) is 38.0 Å². The Bertz CT molecular complexity index is 454. The molecule has 1 aromatic rings. The maximum atomic E-state index is 11.7. The zero-order chi connectivity index (χ0) is 13.7. The van der Waals surface area contributed by atoms with Crippen LogP contribution in [0.25, 0.3) is 0 Å². The maximum Gasteiger partial charge on any atom is 0.309 e. The number of aldehydes is 1. The summed E-state index contributed by atoms with van der Waals surface area (Å²) in [5, 5.41) is 0. The molecule has 0 aliphatic carbocycles. The smallest absolute Gasteiger partial charge is 0.309 e. The molecule has 1 aliphatic rings.